The van der Waals surface area contributed by atoms with Gasteiger partial charge in [-0.25, -0.2) is 0 Å². The van der Waals surface area contributed by atoms with Crippen molar-refractivity contribution >= 4 is 11.3 Å². The van der Waals surface area contributed by atoms with Crippen molar-refractivity contribution in [2.45, 2.75) is 20.8 Å². The van der Waals surface area contributed by atoms with Crippen molar-refractivity contribution in [3.05, 3.63) is 47.3 Å². The minimum atomic E-state index is 0.0664. The van der Waals surface area contributed by atoms with E-state index >= 15 is 0 Å². The van der Waals surface area contributed by atoms with Crippen LogP contribution in [-0.4, -0.2) is 0 Å². The maximum Gasteiger partial charge on any atom is 0.0775 e. The third-order valence-corrected chi connectivity index (χ3v) is 3.27. The standard InChI is InChI=1S/C16H16S/c1-16(2,3)12-11-14-9-10-15(17-14)13-7-5-4-6-8-13/h4-10H,1-3H3. The fourth-order valence-electron chi connectivity index (χ4n) is 1.41. The van der Waals surface area contributed by atoms with Crippen molar-refractivity contribution in [1.29, 1.82) is 0 Å². The molecule has 2 aromatic rings. The van der Waals surface area contributed by atoms with Gasteiger partial charge in [0.15, 0.2) is 0 Å². The Labute approximate surface area is 107 Å². The lowest BCUT2D eigenvalue weighted by Gasteiger charge is -2.06. The Balaban J connectivity index is 2.25. The largest absolute Gasteiger partial charge is 0.127 e. The van der Waals surface area contributed by atoms with E-state index in [1.165, 1.54) is 10.4 Å². The molecule has 0 saturated heterocycles. The molecule has 0 aliphatic carbocycles. The summed E-state index contributed by atoms with van der Waals surface area (Å²) in [5.74, 6) is 6.51. The molecule has 0 N–H and O–H groups in total. The number of thiophene rings is 1. The van der Waals surface area contributed by atoms with Crippen LogP contribution in [0.1, 0.15) is 25.6 Å². The van der Waals surface area contributed by atoms with E-state index in [-0.39, 0.29) is 5.41 Å². The van der Waals surface area contributed by atoms with Gasteiger partial charge in [0.1, 0.15) is 0 Å². The first-order valence-electron chi connectivity index (χ1n) is 5.73. The van der Waals surface area contributed by atoms with Crippen molar-refractivity contribution in [1.82, 2.24) is 0 Å². The van der Waals surface area contributed by atoms with Crippen molar-refractivity contribution in [2.75, 3.05) is 0 Å². The fraction of sp³-hybridized carbons (Fsp3) is 0.250. The molecule has 0 radical (unpaired) electrons. The van der Waals surface area contributed by atoms with E-state index < -0.39 is 0 Å². The summed E-state index contributed by atoms with van der Waals surface area (Å²) in [6, 6.07) is 14.7. The Morgan fingerprint density at radius 2 is 1.65 bits per heavy atom. The monoisotopic (exact) mass is 240 g/mol. The maximum atomic E-state index is 3.26. The maximum absolute atomic E-state index is 3.26. The van der Waals surface area contributed by atoms with Crippen LogP contribution in [0.3, 0.4) is 0 Å². The molecule has 1 heteroatoms. The first-order chi connectivity index (χ1) is 8.04. The van der Waals surface area contributed by atoms with Gasteiger partial charge in [0.2, 0.25) is 0 Å². The molecule has 0 spiro atoms. The van der Waals surface area contributed by atoms with E-state index in [1.54, 1.807) is 11.3 Å². The number of rotatable bonds is 1. The Kier molecular flexibility index (Phi) is 3.36. The highest BCUT2D eigenvalue weighted by Crippen LogP contribution is 2.27. The molecule has 1 aromatic heterocycles. The summed E-state index contributed by atoms with van der Waals surface area (Å²) in [5.41, 5.74) is 1.33. The van der Waals surface area contributed by atoms with E-state index in [1.807, 2.05) is 6.07 Å². The van der Waals surface area contributed by atoms with Gasteiger partial charge >= 0.3 is 0 Å². The molecule has 0 unspecified atom stereocenters. The molecule has 0 aliphatic rings. The number of hydrogen-bond donors (Lipinski definition) is 0. The van der Waals surface area contributed by atoms with Crippen LogP contribution in [0.5, 0.6) is 0 Å². The molecule has 0 fully saturated rings. The minimum Gasteiger partial charge on any atom is -0.127 e. The van der Waals surface area contributed by atoms with E-state index in [0.29, 0.717) is 0 Å². The Hall–Kier alpha value is -1.52. The molecule has 0 bridgehead atoms. The second-order valence-electron chi connectivity index (χ2n) is 5.03. The van der Waals surface area contributed by atoms with E-state index in [2.05, 4.69) is 69.0 Å². The first-order valence-corrected chi connectivity index (χ1v) is 6.55. The smallest absolute Gasteiger partial charge is 0.0775 e. The van der Waals surface area contributed by atoms with Crippen LogP contribution in [0.4, 0.5) is 0 Å². The molecular weight excluding hydrogens is 224 g/mol. The highest BCUT2D eigenvalue weighted by molar-refractivity contribution is 7.16. The average molecular weight is 240 g/mol. The molecule has 1 heterocycles. The minimum absolute atomic E-state index is 0.0664. The van der Waals surface area contributed by atoms with Crippen LogP contribution in [0, 0.1) is 17.3 Å². The lowest BCUT2D eigenvalue weighted by Crippen LogP contribution is -1.98. The fourth-order valence-corrected chi connectivity index (χ4v) is 2.28. The average Bonchev–Trinajstić information content (AvgIpc) is 2.75. The zero-order valence-electron chi connectivity index (χ0n) is 10.4. The van der Waals surface area contributed by atoms with Gasteiger partial charge in [0, 0.05) is 10.3 Å². The summed E-state index contributed by atoms with van der Waals surface area (Å²) in [6.07, 6.45) is 0. The summed E-state index contributed by atoms with van der Waals surface area (Å²) < 4.78 is 0. The molecule has 0 atom stereocenters. The second-order valence-corrected chi connectivity index (χ2v) is 6.11. The first kappa shape index (κ1) is 12.0. The van der Waals surface area contributed by atoms with E-state index in [0.717, 1.165) is 4.88 Å². The zero-order valence-corrected chi connectivity index (χ0v) is 11.3. The predicted octanol–water partition coefficient (Wildman–Crippen LogP) is 4.81. The Bertz CT molecular complexity index is 544. The highest BCUT2D eigenvalue weighted by Gasteiger charge is 2.04. The van der Waals surface area contributed by atoms with E-state index in [4.69, 9.17) is 0 Å². The lowest BCUT2D eigenvalue weighted by molar-refractivity contribution is 0.571. The molecule has 0 amide bonds. The van der Waals surface area contributed by atoms with Gasteiger partial charge < -0.3 is 0 Å². The highest BCUT2D eigenvalue weighted by atomic mass is 32.1. The third-order valence-electron chi connectivity index (χ3n) is 2.23. The normalized spacial score (nSPS) is 10.8. The third kappa shape index (κ3) is 3.47. The summed E-state index contributed by atoms with van der Waals surface area (Å²) in [7, 11) is 0. The predicted molar refractivity (Wildman–Crippen MR) is 76.1 cm³/mol. The molecule has 1 aromatic carbocycles. The van der Waals surface area contributed by atoms with Crippen molar-refractivity contribution in [3.63, 3.8) is 0 Å². The van der Waals surface area contributed by atoms with Gasteiger partial charge in [-0.2, -0.15) is 0 Å². The van der Waals surface area contributed by atoms with Crippen LogP contribution in [-0.2, 0) is 0 Å². The summed E-state index contributed by atoms with van der Waals surface area (Å²) in [5, 5.41) is 0. The number of benzene rings is 1. The zero-order chi connectivity index (χ0) is 12.3. The van der Waals surface area contributed by atoms with Crippen LogP contribution < -0.4 is 0 Å². The summed E-state index contributed by atoms with van der Waals surface area (Å²) in [6.45, 7) is 6.39. The van der Waals surface area contributed by atoms with Crippen molar-refractivity contribution in [3.8, 4) is 22.3 Å². The summed E-state index contributed by atoms with van der Waals surface area (Å²) in [4.78, 5) is 2.42. The second kappa shape index (κ2) is 4.77. The van der Waals surface area contributed by atoms with Gasteiger partial charge in [0.05, 0.1) is 4.88 Å². The van der Waals surface area contributed by atoms with Gasteiger partial charge in [-0.15, -0.1) is 11.3 Å². The van der Waals surface area contributed by atoms with Crippen LogP contribution in [0.2, 0.25) is 0 Å². The Morgan fingerprint density at radius 3 is 2.29 bits per heavy atom. The van der Waals surface area contributed by atoms with Crippen molar-refractivity contribution < 1.29 is 0 Å². The molecule has 0 saturated carbocycles. The molecular formula is C16H16S. The van der Waals surface area contributed by atoms with Crippen molar-refractivity contribution in [2.24, 2.45) is 5.41 Å². The van der Waals surface area contributed by atoms with Gasteiger partial charge in [-0.1, -0.05) is 42.2 Å². The van der Waals surface area contributed by atoms with Gasteiger partial charge in [-0.3, -0.25) is 0 Å². The molecule has 17 heavy (non-hydrogen) atoms. The van der Waals surface area contributed by atoms with Crippen LogP contribution >= 0.6 is 11.3 Å². The topological polar surface area (TPSA) is 0 Å². The SMILES string of the molecule is CC(C)(C)C#Cc1ccc(-c2ccccc2)s1. The quantitative estimate of drug-likeness (QED) is 0.627. The Morgan fingerprint density at radius 1 is 0.941 bits per heavy atom. The van der Waals surface area contributed by atoms with Crippen LogP contribution in [0.15, 0.2) is 42.5 Å². The summed E-state index contributed by atoms with van der Waals surface area (Å²) >= 11 is 1.75. The lowest BCUT2D eigenvalue weighted by atomic mass is 9.98. The number of hydrogen-bond acceptors (Lipinski definition) is 1. The molecule has 2 rings (SSSR count). The van der Waals surface area contributed by atoms with Gasteiger partial charge in [0.25, 0.3) is 0 Å². The van der Waals surface area contributed by atoms with Crippen LogP contribution in [0.25, 0.3) is 10.4 Å². The van der Waals surface area contributed by atoms with E-state index in [9.17, 15) is 0 Å². The molecule has 0 nitrogen and oxygen atoms in total. The van der Waals surface area contributed by atoms with Gasteiger partial charge in [-0.05, 0) is 38.5 Å². The molecule has 0 aliphatic heterocycles. The molecule has 86 valence electrons.